The van der Waals surface area contributed by atoms with Crippen LogP contribution in [0.5, 0.6) is 0 Å². The summed E-state index contributed by atoms with van der Waals surface area (Å²) in [5.74, 6) is 5.38. The maximum absolute atomic E-state index is 12.8. The monoisotopic (exact) mass is 313 g/mol. The van der Waals surface area contributed by atoms with Crippen LogP contribution in [0, 0.1) is 13.8 Å². The molecule has 1 aromatic carbocycles. The smallest absolute Gasteiger partial charge is 0.243 e. The molecule has 1 aliphatic rings. The Kier molecular flexibility index (Phi) is 4.30. The van der Waals surface area contributed by atoms with Crippen LogP contribution in [0.2, 0.25) is 0 Å². The second-order valence-electron chi connectivity index (χ2n) is 5.98. The van der Waals surface area contributed by atoms with Gasteiger partial charge in [-0.2, -0.15) is 4.31 Å². The molecule has 0 unspecified atom stereocenters. The molecule has 2 rings (SSSR count). The fourth-order valence-corrected chi connectivity index (χ4v) is 4.63. The molecule has 1 aromatic rings. The Morgan fingerprint density at radius 3 is 2.14 bits per heavy atom. The highest BCUT2D eigenvalue weighted by atomic mass is 32.2. The van der Waals surface area contributed by atoms with Gasteiger partial charge in [0.25, 0.3) is 0 Å². The quantitative estimate of drug-likeness (QED) is 0.574. The summed E-state index contributed by atoms with van der Waals surface area (Å²) >= 11 is 0. The van der Waals surface area contributed by atoms with Crippen molar-refractivity contribution in [1.82, 2.24) is 4.31 Å². The lowest BCUT2D eigenvalue weighted by Crippen LogP contribution is -2.45. The van der Waals surface area contributed by atoms with Gasteiger partial charge < -0.3 is 10.5 Å². The second kappa shape index (κ2) is 5.57. The summed E-state index contributed by atoms with van der Waals surface area (Å²) in [6, 6.07) is 3.44. The Morgan fingerprint density at radius 1 is 1.24 bits per heavy atom. The molecule has 7 heteroatoms. The standard InChI is InChI=1S/C14H23N3O3S/c1-10-8-12(16-15)9-11(2)13(10)21(19,20)17-6-4-14(3,18)5-7-17/h8-9,16,18H,4-7,15H2,1-3H3. The molecule has 1 aliphatic heterocycles. The van der Waals surface area contributed by atoms with Crippen LogP contribution in [0.25, 0.3) is 0 Å². The minimum absolute atomic E-state index is 0.336. The van der Waals surface area contributed by atoms with Crippen molar-refractivity contribution in [3.8, 4) is 0 Å². The van der Waals surface area contributed by atoms with E-state index in [2.05, 4.69) is 5.43 Å². The van der Waals surface area contributed by atoms with Gasteiger partial charge in [0.15, 0.2) is 0 Å². The number of sulfonamides is 1. The summed E-state index contributed by atoms with van der Waals surface area (Å²) in [5.41, 5.74) is 3.78. The molecule has 6 nitrogen and oxygen atoms in total. The first-order valence-electron chi connectivity index (χ1n) is 6.98. The average Bonchev–Trinajstić information content (AvgIpc) is 2.36. The van der Waals surface area contributed by atoms with E-state index in [4.69, 9.17) is 5.84 Å². The zero-order chi connectivity index (χ0) is 15.8. The molecule has 118 valence electrons. The number of hydrogen-bond donors (Lipinski definition) is 3. The van der Waals surface area contributed by atoms with E-state index in [0.29, 0.717) is 47.6 Å². The fraction of sp³-hybridized carbons (Fsp3) is 0.571. The van der Waals surface area contributed by atoms with Crippen molar-refractivity contribution in [2.24, 2.45) is 5.84 Å². The van der Waals surface area contributed by atoms with Crippen molar-refractivity contribution in [2.75, 3.05) is 18.5 Å². The zero-order valence-corrected chi connectivity index (χ0v) is 13.5. The molecule has 4 N–H and O–H groups in total. The summed E-state index contributed by atoms with van der Waals surface area (Å²) in [7, 11) is -3.54. The van der Waals surface area contributed by atoms with Crippen LogP contribution >= 0.6 is 0 Å². The van der Waals surface area contributed by atoms with Gasteiger partial charge in [0.2, 0.25) is 10.0 Å². The van der Waals surface area contributed by atoms with Gasteiger partial charge in [0, 0.05) is 18.8 Å². The number of aliphatic hydroxyl groups is 1. The number of piperidine rings is 1. The molecule has 1 fully saturated rings. The van der Waals surface area contributed by atoms with Gasteiger partial charge in [-0.25, -0.2) is 8.42 Å². The van der Waals surface area contributed by atoms with E-state index in [1.165, 1.54) is 4.31 Å². The fourth-order valence-electron chi connectivity index (χ4n) is 2.78. The van der Waals surface area contributed by atoms with Crippen LogP contribution in [0.3, 0.4) is 0 Å². The van der Waals surface area contributed by atoms with Crippen molar-refractivity contribution in [3.05, 3.63) is 23.3 Å². The van der Waals surface area contributed by atoms with Crippen LogP contribution in [0.15, 0.2) is 17.0 Å². The predicted molar refractivity (Wildman–Crippen MR) is 82.3 cm³/mol. The van der Waals surface area contributed by atoms with E-state index in [0.717, 1.165) is 0 Å². The highest BCUT2D eigenvalue weighted by Crippen LogP contribution is 2.30. The maximum atomic E-state index is 12.8. The van der Waals surface area contributed by atoms with Crippen molar-refractivity contribution >= 4 is 15.7 Å². The molecule has 1 saturated heterocycles. The van der Waals surface area contributed by atoms with E-state index in [1.807, 2.05) is 0 Å². The molecule has 0 bridgehead atoms. The lowest BCUT2D eigenvalue weighted by atomic mass is 9.95. The molecule has 0 atom stereocenters. The first-order chi connectivity index (χ1) is 9.67. The number of hydrazine groups is 1. The lowest BCUT2D eigenvalue weighted by Gasteiger charge is -2.35. The molecule has 0 aliphatic carbocycles. The summed E-state index contributed by atoms with van der Waals surface area (Å²) in [5, 5.41) is 9.96. The highest BCUT2D eigenvalue weighted by Gasteiger charge is 2.35. The third kappa shape index (κ3) is 3.21. The Bertz CT molecular complexity index is 608. The van der Waals surface area contributed by atoms with Crippen LogP contribution in [0.4, 0.5) is 5.69 Å². The molecule has 0 spiro atoms. The molecule has 0 aromatic heterocycles. The number of aryl methyl sites for hydroxylation is 2. The third-order valence-corrected chi connectivity index (χ3v) is 6.23. The minimum atomic E-state index is -3.54. The Hall–Kier alpha value is -1.15. The van der Waals surface area contributed by atoms with Gasteiger partial charge in [0.1, 0.15) is 0 Å². The van der Waals surface area contributed by atoms with Crippen molar-refractivity contribution in [3.63, 3.8) is 0 Å². The van der Waals surface area contributed by atoms with Gasteiger partial charge in [-0.3, -0.25) is 5.84 Å². The molecule has 0 saturated carbocycles. The number of nitrogen functional groups attached to an aromatic ring is 1. The van der Waals surface area contributed by atoms with E-state index < -0.39 is 15.6 Å². The number of benzene rings is 1. The molecule has 1 heterocycles. The number of hydrogen-bond acceptors (Lipinski definition) is 5. The minimum Gasteiger partial charge on any atom is -0.390 e. The Balaban J connectivity index is 2.37. The number of nitrogens with two attached hydrogens (primary N) is 1. The number of nitrogens with one attached hydrogen (secondary N) is 1. The van der Waals surface area contributed by atoms with Crippen LogP contribution in [-0.2, 0) is 10.0 Å². The Morgan fingerprint density at radius 2 is 1.71 bits per heavy atom. The van der Waals surface area contributed by atoms with Crippen molar-refractivity contribution < 1.29 is 13.5 Å². The maximum Gasteiger partial charge on any atom is 0.243 e. The SMILES string of the molecule is Cc1cc(NN)cc(C)c1S(=O)(=O)N1CCC(C)(O)CC1. The third-order valence-electron chi connectivity index (χ3n) is 4.02. The van der Waals surface area contributed by atoms with Gasteiger partial charge >= 0.3 is 0 Å². The van der Waals surface area contributed by atoms with E-state index in [9.17, 15) is 13.5 Å². The molecule has 0 radical (unpaired) electrons. The normalized spacial score (nSPS) is 19.5. The van der Waals surface area contributed by atoms with Crippen LogP contribution in [-0.4, -0.2) is 36.5 Å². The van der Waals surface area contributed by atoms with Crippen molar-refractivity contribution in [2.45, 2.75) is 44.1 Å². The molecule has 0 amide bonds. The lowest BCUT2D eigenvalue weighted by molar-refractivity contribution is 0.0126. The van der Waals surface area contributed by atoms with E-state index >= 15 is 0 Å². The highest BCUT2D eigenvalue weighted by molar-refractivity contribution is 7.89. The number of rotatable bonds is 3. The largest absolute Gasteiger partial charge is 0.390 e. The zero-order valence-electron chi connectivity index (χ0n) is 12.7. The molecule has 21 heavy (non-hydrogen) atoms. The summed E-state index contributed by atoms with van der Waals surface area (Å²) in [6.07, 6.45) is 0.902. The summed E-state index contributed by atoms with van der Waals surface area (Å²) in [6.45, 7) is 5.95. The number of anilines is 1. The predicted octanol–water partition coefficient (Wildman–Crippen LogP) is 1.12. The van der Waals surface area contributed by atoms with Gasteiger partial charge in [-0.1, -0.05) is 0 Å². The van der Waals surface area contributed by atoms with Crippen molar-refractivity contribution in [1.29, 1.82) is 0 Å². The molecular formula is C14H23N3O3S. The van der Waals surface area contributed by atoms with E-state index in [-0.39, 0.29) is 0 Å². The average molecular weight is 313 g/mol. The first kappa shape index (κ1) is 16.2. The van der Waals surface area contributed by atoms with Gasteiger partial charge in [-0.15, -0.1) is 0 Å². The summed E-state index contributed by atoms with van der Waals surface area (Å²) in [4.78, 5) is 0.336. The second-order valence-corrected chi connectivity index (χ2v) is 7.86. The van der Waals surface area contributed by atoms with Gasteiger partial charge in [-0.05, 0) is 56.9 Å². The van der Waals surface area contributed by atoms with Crippen LogP contribution in [0.1, 0.15) is 30.9 Å². The summed E-state index contributed by atoms with van der Waals surface area (Å²) < 4.78 is 27.1. The topological polar surface area (TPSA) is 95.7 Å². The Labute approximate surface area is 126 Å². The number of nitrogens with zero attached hydrogens (tertiary/aromatic N) is 1. The van der Waals surface area contributed by atoms with Crippen LogP contribution < -0.4 is 11.3 Å². The van der Waals surface area contributed by atoms with E-state index in [1.54, 1.807) is 32.9 Å². The first-order valence-corrected chi connectivity index (χ1v) is 8.42. The van der Waals surface area contributed by atoms with Gasteiger partial charge in [0.05, 0.1) is 10.5 Å². The molecular weight excluding hydrogens is 290 g/mol.